The molecule has 0 radical (unpaired) electrons. The number of carbonyl (C=O) groups is 4. The van der Waals surface area contributed by atoms with E-state index in [1.807, 2.05) is 49.4 Å². The minimum Gasteiger partial charge on any atom is -0.508 e. The summed E-state index contributed by atoms with van der Waals surface area (Å²) in [5.41, 5.74) is 2.06. The summed E-state index contributed by atoms with van der Waals surface area (Å²) >= 11 is 0. The second-order valence-corrected chi connectivity index (χ2v) is 11.8. The van der Waals surface area contributed by atoms with Gasteiger partial charge in [0.15, 0.2) is 0 Å². The molecule has 2 saturated heterocycles. The van der Waals surface area contributed by atoms with Gasteiger partial charge in [0.1, 0.15) is 5.75 Å². The summed E-state index contributed by atoms with van der Waals surface area (Å²) in [6.45, 7) is 2.08. The van der Waals surface area contributed by atoms with Crippen LogP contribution in [0.25, 0.3) is 0 Å². The number of imide groups is 2. The number of phenolic OH excluding ortho intramolecular Hbond substituents is 1. The Labute approximate surface area is 238 Å². The van der Waals surface area contributed by atoms with Gasteiger partial charge in [-0.3, -0.25) is 24.1 Å². The SMILES string of the molecule is CC12C(=O)N(c3ccccc3)C(=O)C1CC1C(=CCC3C(=O)N(Cc4ccccc4)C(=O)C31)C2c1ccc(O)cc1. The predicted molar refractivity (Wildman–Crippen MR) is 151 cm³/mol. The van der Waals surface area contributed by atoms with E-state index in [1.54, 1.807) is 48.5 Å². The Morgan fingerprint density at radius 3 is 2.15 bits per heavy atom. The van der Waals surface area contributed by atoms with Crippen LogP contribution in [0.2, 0.25) is 0 Å². The highest BCUT2D eigenvalue weighted by molar-refractivity contribution is 6.24. The summed E-state index contributed by atoms with van der Waals surface area (Å²) in [6.07, 6.45) is 2.78. The molecule has 41 heavy (non-hydrogen) atoms. The molecule has 7 nitrogen and oxygen atoms in total. The molecule has 206 valence electrons. The first-order valence-electron chi connectivity index (χ1n) is 14.1. The first-order valence-corrected chi connectivity index (χ1v) is 14.1. The minimum atomic E-state index is -1.09. The van der Waals surface area contributed by atoms with E-state index >= 15 is 0 Å². The van der Waals surface area contributed by atoms with Gasteiger partial charge in [-0.2, -0.15) is 0 Å². The molecule has 6 unspecified atom stereocenters. The molecule has 4 aliphatic rings. The van der Waals surface area contributed by atoms with Gasteiger partial charge in [-0.15, -0.1) is 0 Å². The van der Waals surface area contributed by atoms with Gasteiger partial charge in [0, 0.05) is 5.92 Å². The smallest absolute Gasteiger partial charge is 0.241 e. The number of rotatable bonds is 4. The molecule has 6 atom stereocenters. The third-order valence-corrected chi connectivity index (χ3v) is 9.79. The molecule has 1 saturated carbocycles. The highest BCUT2D eigenvalue weighted by atomic mass is 16.3. The van der Waals surface area contributed by atoms with Crippen molar-refractivity contribution in [1.29, 1.82) is 0 Å². The zero-order valence-electron chi connectivity index (χ0n) is 22.6. The van der Waals surface area contributed by atoms with Crippen LogP contribution in [0, 0.1) is 29.1 Å². The summed E-state index contributed by atoms with van der Waals surface area (Å²) in [5, 5.41) is 10.0. The van der Waals surface area contributed by atoms with Crippen molar-refractivity contribution >= 4 is 29.3 Å². The molecule has 2 heterocycles. The number of para-hydroxylation sites is 1. The number of hydrogen-bond acceptors (Lipinski definition) is 5. The van der Waals surface area contributed by atoms with Gasteiger partial charge >= 0.3 is 0 Å². The summed E-state index contributed by atoms with van der Waals surface area (Å²) in [4.78, 5) is 58.6. The van der Waals surface area contributed by atoms with Crippen LogP contribution in [0.4, 0.5) is 5.69 Å². The number of phenols is 1. The van der Waals surface area contributed by atoms with Crippen molar-refractivity contribution < 1.29 is 24.3 Å². The second-order valence-electron chi connectivity index (χ2n) is 11.8. The lowest BCUT2D eigenvalue weighted by molar-refractivity contribution is -0.141. The number of fused-ring (bicyclic) bond motifs is 4. The number of anilines is 1. The lowest BCUT2D eigenvalue weighted by atomic mass is 9.51. The monoisotopic (exact) mass is 546 g/mol. The minimum absolute atomic E-state index is 0.105. The first kappa shape index (κ1) is 25.4. The second kappa shape index (κ2) is 9.26. The molecule has 2 aliphatic heterocycles. The van der Waals surface area contributed by atoms with Crippen molar-refractivity contribution in [2.24, 2.45) is 29.1 Å². The Kier molecular flexibility index (Phi) is 5.75. The fourth-order valence-electron chi connectivity index (χ4n) is 7.87. The van der Waals surface area contributed by atoms with Crippen LogP contribution in [0.5, 0.6) is 5.75 Å². The van der Waals surface area contributed by atoms with Crippen LogP contribution >= 0.6 is 0 Å². The first-order chi connectivity index (χ1) is 19.8. The van der Waals surface area contributed by atoms with E-state index in [0.29, 0.717) is 18.5 Å². The van der Waals surface area contributed by atoms with Crippen molar-refractivity contribution in [3.05, 3.63) is 108 Å². The fourth-order valence-corrected chi connectivity index (χ4v) is 7.87. The summed E-state index contributed by atoms with van der Waals surface area (Å²) < 4.78 is 0. The molecule has 3 aromatic rings. The van der Waals surface area contributed by atoms with Crippen LogP contribution in [0.3, 0.4) is 0 Å². The average Bonchev–Trinajstić information content (AvgIpc) is 3.34. The maximum absolute atomic E-state index is 14.3. The Bertz CT molecular complexity index is 1600. The molecule has 3 fully saturated rings. The number of hydrogen-bond donors (Lipinski definition) is 1. The zero-order chi connectivity index (χ0) is 28.5. The van der Waals surface area contributed by atoms with Gasteiger partial charge in [-0.1, -0.05) is 72.3 Å². The maximum atomic E-state index is 14.3. The van der Waals surface area contributed by atoms with E-state index in [9.17, 15) is 24.3 Å². The molecule has 4 amide bonds. The number of aromatic hydroxyl groups is 1. The third kappa shape index (κ3) is 3.64. The molecule has 2 aliphatic carbocycles. The number of carbonyl (C=O) groups excluding carboxylic acids is 4. The van der Waals surface area contributed by atoms with Gasteiger partial charge < -0.3 is 5.11 Å². The summed E-state index contributed by atoms with van der Waals surface area (Å²) in [5.74, 6) is -3.37. The molecule has 1 N–H and O–H groups in total. The van der Waals surface area contributed by atoms with E-state index in [0.717, 1.165) is 16.7 Å². The van der Waals surface area contributed by atoms with Crippen molar-refractivity contribution in [3.8, 4) is 5.75 Å². The summed E-state index contributed by atoms with van der Waals surface area (Å²) in [6, 6.07) is 25.2. The number of allylic oxidation sites excluding steroid dienone is 2. The maximum Gasteiger partial charge on any atom is 0.241 e. The molecule has 0 spiro atoms. The Balaban J connectivity index is 1.33. The van der Waals surface area contributed by atoms with E-state index in [4.69, 9.17) is 0 Å². The van der Waals surface area contributed by atoms with Crippen LogP contribution in [0.1, 0.15) is 36.8 Å². The largest absolute Gasteiger partial charge is 0.508 e. The van der Waals surface area contributed by atoms with E-state index < -0.39 is 29.1 Å². The number of benzene rings is 3. The van der Waals surface area contributed by atoms with Crippen LogP contribution in [-0.2, 0) is 25.7 Å². The number of likely N-dealkylation sites (tertiary alicyclic amines) is 1. The molecule has 7 rings (SSSR count). The van der Waals surface area contributed by atoms with Crippen LogP contribution < -0.4 is 4.90 Å². The molecule has 0 aromatic heterocycles. The highest BCUT2D eigenvalue weighted by Crippen LogP contribution is 2.63. The van der Waals surface area contributed by atoms with Crippen molar-refractivity contribution in [2.45, 2.75) is 32.2 Å². The Morgan fingerprint density at radius 2 is 1.46 bits per heavy atom. The van der Waals surface area contributed by atoms with Crippen LogP contribution in [0.15, 0.2) is 96.6 Å². The van der Waals surface area contributed by atoms with Gasteiger partial charge in [-0.25, -0.2) is 4.90 Å². The van der Waals surface area contributed by atoms with Crippen LogP contribution in [-0.4, -0.2) is 33.6 Å². The normalized spacial score (nSPS) is 30.7. The third-order valence-electron chi connectivity index (χ3n) is 9.79. The predicted octanol–water partition coefficient (Wildman–Crippen LogP) is 4.82. The van der Waals surface area contributed by atoms with E-state index in [-0.39, 0.29) is 41.8 Å². The lowest BCUT2D eigenvalue weighted by Gasteiger charge is -2.49. The standard InChI is InChI=1S/C34H30N2O5/c1-34-27(31(39)36(33(34)41)22-10-6-3-7-11-22)18-26-24(29(34)21-12-14-23(37)15-13-21)16-17-25-28(26)32(40)35(30(25)38)19-20-8-4-2-5-9-20/h2-16,25-29,37H,17-19H2,1H3. The zero-order valence-corrected chi connectivity index (χ0v) is 22.6. The molecule has 0 bridgehead atoms. The van der Waals surface area contributed by atoms with E-state index in [1.165, 1.54) is 9.80 Å². The highest BCUT2D eigenvalue weighted by Gasteiger charge is 2.67. The molecule has 3 aromatic carbocycles. The number of nitrogens with zero attached hydrogens (tertiary/aromatic N) is 2. The molecular formula is C34H30N2O5. The quantitative estimate of drug-likeness (QED) is 0.374. The Hall–Kier alpha value is -4.52. The lowest BCUT2D eigenvalue weighted by Crippen LogP contribution is -2.48. The van der Waals surface area contributed by atoms with Crippen molar-refractivity contribution in [3.63, 3.8) is 0 Å². The van der Waals surface area contributed by atoms with E-state index in [2.05, 4.69) is 0 Å². The van der Waals surface area contributed by atoms with Crippen molar-refractivity contribution in [1.82, 2.24) is 4.90 Å². The van der Waals surface area contributed by atoms with Crippen molar-refractivity contribution in [2.75, 3.05) is 4.90 Å². The Morgan fingerprint density at radius 1 is 0.805 bits per heavy atom. The number of amides is 4. The van der Waals surface area contributed by atoms with Gasteiger partial charge in [-0.05, 0) is 61.1 Å². The topological polar surface area (TPSA) is 95.0 Å². The fraction of sp³-hybridized carbons (Fsp3) is 0.294. The van der Waals surface area contributed by atoms with Gasteiger partial charge in [0.05, 0.1) is 35.4 Å². The molecule has 7 heteroatoms. The summed E-state index contributed by atoms with van der Waals surface area (Å²) in [7, 11) is 0. The average molecular weight is 547 g/mol. The van der Waals surface area contributed by atoms with Gasteiger partial charge in [0.2, 0.25) is 23.6 Å². The molecular weight excluding hydrogens is 516 g/mol. The van der Waals surface area contributed by atoms with Gasteiger partial charge in [0.25, 0.3) is 0 Å².